The van der Waals surface area contributed by atoms with E-state index in [-0.39, 0.29) is 29.3 Å². The van der Waals surface area contributed by atoms with Crippen LogP contribution >= 0.6 is 15.9 Å². The predicted molar refractivity (Wildman–Crippen MR) is 79.5 cm³/mol. The lowest BCUT2D eigenvalue weighted by Crippen LogP contribution is -2.37. The predicted octanol–water partition coefficient (Wildman–Crippen LogP) is 2.75. The van der Waals surface area contributed by atoms with E-state index < -0.39 is 4.92 Å². The van der Waals surface area contributed by atoms with Gasteiger partial charge in [0.2, 0.25) is 0 Å². The maximum absolute atomic E-state index is 12.1. The van der Waals surface area contributed by atoms with Gasteiger partial charge in [-0.1, -0.05) is 22.9 Å². The molecule has 0 spiro atoms. The molecule has 0 aliphatic carbocycles. The minimum atomic E-state index is -0.546. The normalized spacial score (nSPS) is 13.4. The molecule has 0 aliphatic rings. The van der Waals surface area contributed by atoms with Crippen molar-refractivity contribution in [3.63, 3.8) is 0 Å². The zero-order chi connectivity index (χ0) is 15.3. The van der Waals surface area contributed by atoms with E-state index in [1.165, 1.54) is 25.3 Å². The minimum Gasteiger partial charge on any atom is -0.490 e. The molecule has 0 bridgehead atoms. The van der Waals surface area contributed by atoms with E-state index in [0.29, 0.717) is 5.56 Å². The quantitative estimate of drug-likeness (QED) is 0.488. The summed E-state index contributed by atoms with van der Waals surface area (Å²) in [5.41, 5.74) is 0.173. The molecule has 20 heavy (non-hydrogen) atoms. The van der Waals surface area contributed by atoms with E-state index in [0.717, 1.165) is 5.33 Å². The maximum atomic E-state index is 12.1. The van der Waals surface area contributed by atoms with Gasteiger partial charge in [0.25, 0.3) is 5.91 Å². The molecule has 1 aromatic carbocycles. The van der Waals surface area contributed by atoms with Crippen LogP contribution in [0, 0.1) is 16.0 Å². The van der Waals surface area contributed by atoms with Gasteiger partial charge in [-0.15, -0.1) is 0 Å². The lowest BCUT2D eigenvalue weighted by molar-refractivity contribution is -0.385. The zero-order valence-electron chi connectivity index (χ0n) is 11.6. The second kappa shape index (κ2) is 7.23. The Labute approximate surface area is 125 Å². The van der Waals surface area contributed by atoms with Gasteiger partial charge in [0.15, 0.2) is 5.75 Å². The highest BCUT2D eigenvalue weighted by atomic mass is 79.9. The molecular formula is C13H17BrN2O4. The first kappa shape index (κ1) is 16.4. The van der Waals surface area contributed by atoms with Crippen LogP contribution in [0.1, 0.15) is 24.2 Å². The molecule has 0 saturated heterocycles. The fourth-order valence-electron chi connectivity index (χ4n) is 1.54. The second-order valence-electron chi connectivity index (χ2n) is 4.54. The summed E-state index contributed by atoms with van der Waals surface area (Å²) in [7, 11) is 1.33. The molecule has 0 aromatic heterocycles. The number of methoxy groups -OCH3 is 1. The summed E-state index contributed by atoms with van der Waals surface area (Å²) in [4.78, 5) is 22.3. The topological polar surface area (TPSA) is 81.5 Å². The summed E-state index contributed by atoms with van der Waals surface area (Å²) in [6, 6.07) is 4.05. The van der Waals surface area contributed by atoms with Crippen LogP contribution in [0.15, 0.2) is 18.2 Å². The lowest BCUT2D eigenvalue weighted by Gasteiger charge is -2.19. The number of hydrogen-bond donors (Lipinski definition) is 1. The van der Waals surface area contributed by atoms with Gasteiger partial charge in [0, 0.05) is 29.1 Å². The third-order valence-corrected chi connectivity index (χ3v) is 4.12. The standard InChI is InChI=1S/C13H17BrN2O4/c1-8(7-14)9(2)15-13(17)10-4-5-11(16(18)19)12(6-10)20-3/h4-6,8-9H,7H2,1-3H3,(H,15,17). The zero-order valence-corrected chi connectivity index (χ0v) is 13.1. The summed E-state index contributed by atoms with van der Waals surface area (Å²) in [5, 5.41) is 14.4. The van der Waals surface area contributed by atoms with Crippen molar-refractivity contribution >= 4 is 27.5 Å². The summed E-state index contributed by atoms with van der Waals surface area (Å²) in [6.07, 6.45) is 0. The van der Waals surface area contributed by atoms with Crippen LogP contribution in [-0.2, 0) is 0 Å². The Hall–Kier alpha value is -1.63. The third-order valence-electron chi connectivity index (χ3n) is 3.09. The van der Waals surface area contributed by atoms with E-state index in [2.05, 4.69) is 21.2 Å². The van der Waals surface area contributed by atoms with Crippen LogP contribution in [0.3, 0.4) is 0 Å². The molecule has 0 fully saturated rings. The monoisotopic (exact) mass is 344 g/mol. The van der Waals surface area contributed by atoms with E-state index in [1.54, 1.807) is 0 Å². The smallest absolute Gasteiger partial charge is 0.310 e. The Bertz CT molecular complexity index is 507. The highest BCUT2D eigenvalue weighted by Gasteiger charge is 2.19. The molecule has 0 saturated carbocycles. The van der Waals surface area contributed by atoms with Gasteiger partial charge in [-0.05, 0) is 18.9 Å². The number of nitrogens with one attached hydrogen (secondary N) is 1. The molecule has 0 radical (unpaired) electrons. The van der Waals surface area contributed by atoms with Crippen LogP contribution in [-0.4, -0.2) is 29.3 Å². The van der Waals surface area contributed by atoms with Crippen molar-refractivity contribution in [2.45, 2.75) is 19.9 Å². The van der Waals surface area contributed by atoms with Crippen LogP contribution in [0.2, 0.25) is 0 Å². The number of amides is 1. The Kier molecular flexibility index (Phi) is 5.94. The Morgan fingerprint density at radius 1 is 1.50 bits per heavy atom. The van der Waals surface area contributed by atoms with Gasteiger partial charge < -0.3 is 10.1 Å². The fourth-order valence-corrected chi connectivity index (χ4v) is 2.10. The van der Waals surface area contributed by atoms with Crippen molar-refractivity contribution in [1.82, 2.24) is 5.32 Å². The molecule has 6 nitrogen and oxygen atoms in total. The second-order valence-corrected chi connectivity index (χ2v) is 5.18. The van der Waals surface area contributed by atoms with Crippen molar-refractivity contribution in [3.05, 3.63) is 33.9 Å². The van der Waals surface area contributed by atoms with Gasteiger partial charge in [-0.25, -0.2) is 0 Å². The first-order valence-electron chi connectivity index (χ1n) is 6.10. The number of nitrogens with zero attached hydrogens (tertiary/aromatic N) is 1. The van der Waals surface area contributed by atoms with Crippen molar-refractivity contribution in [2.24, 2.45) is 5.92 Å². The number of carbonyl (C=O) groups excluding carboxylic acids is 1. The molecule has 0 heterocycles. The Morgan fingerprint density at radius 3 is 2.65 bits per heavy atom. The molecular weight excluding hydrogens is 328 g/mol. The number of hydrogen-bond acceptors (Lipinski definition) is 4. The average molecular weight is 345 g/mol. The van der Waals surface area contributed by atoms with Crippen molar-refractivity contribution in [1.29, 1.82) is 0 Å². The van der Waals surface area contributed by atoms with Crippen molar-refractivity contribution in [2.75, 3.05) is 12.4 Å². The number of carbonyl (C=O) groups is 1. The van der Waals surface area contributed by atoms with E-state index in [9.17, 15) is 14.9 Å². The number of halogens is 1. The number of rotatable bonds is 6. The average Bonchev–Trinajstić information content (AvgIpc) is 2.45. The number of ether oxygens (including phenoxy) is 1. The van der Waals surface area contributed by atoms with Crippen molar-refractivity contribution < 1.29 is 14.5 Å². The minimum absolute atomic E-state index is 0.0111. The van der Waals surface area contributed by atoms with Crippen LogP contribution in [0.4, 0.5) is 5.69 Å². The largest absolute Gasteiger partial charge is 0.490 e. The molecule has 2 atom stereocenters. The maximum Gasteiger partial charge on any atom is 0.310 e. The third kappa shape index (κ3) is 3.93. The highest BCUT2D eigenvalue weighted by Crippen LogP contribution is 2.27. The SMILES string of the molecule is COc1cc(C(=O)NC(C)C(C)CBr)ccc1[N+](=O)[O-]. The van der Waals surface area contributed by atoms with Gasteiger partial charge >= 0.3 is 5.69 Å². The van der Waals surface area contributed by atoms with E-state index in [1.807, 2.05) is 13.8 Å². The van der Waals surface area contributed by atoms with Gasteiger partial charge in [-0.2, -0.15) is 0 Å². The van der Waals surface area contributed by atoms with Gasteiger partial charge in [0.1, 0.15) is 0 Å². The molecule has 1 rings (SSSR count). The van der Waals surface area contributed by atoms with Crippen molar-refractivity contribution in [3.8, 4) is 5.75 Å². The molecule has 110 valence electrons. The van der Waals surface area contributed by atoms with Gasteiger partial charge in [-0.3, -0.25) is 14.9 Å². The van der Waals surface area contributed by atoms with Gasteiger partial charge in [0.05, 0.1) is 12.0 Å². The number of nitro groups is 1. The fraction of sp³-hybridized carbons (Fsp3) is 0.462. The number of alkyl halides is 1. The first-order valence-corrected chi connectivity index (χ1v) is 7.22. The van der Waals surface area contributed by atoms with Crippen LogP contribution in [0.5, 0.6) is 5.75 Å². The molecule has 0 aliphatic heterocycles. The summed E-state index contributed by atoms with van der Waals surface area (Å²) in [5.74, 6) is 0.0706. The molecule has 1 amide bonds. The first-order chi connectivity index (χ1) is 9.40. The van der Waals surface area contributed by atoms with E-state index in [4.69, 9.17) is 4.74 Å². The molecule has 1 aromatic rings. The number of nitro benzene ring substituents is 1. The number of benzene rings is 1. The molecule has 1 N–H and O–H groups in total. The Morgan fingerprint density at radius 2 is 2.15 bits per heavy atom. The summed E-state index contributed by atoms with van der Waals surface area (Å²) in [6.45, 7) is 3.92. The molecule has 7 heteroatoms. The highest BCUT2D eigenvalue weighted by molar-refractivity contribution is 9.09. The lowest BCUT2D eigenvalue weighted by atomic mass is 10.1. The Balaban J connectivity index is 2.92. The molecule has 2 unspecified atom stereocenters. The summed E-state index contributed by atoms with van der Waals surface area (Å²) < 4.78 is 4.94. The van der Waals surface area contributed by atoms with Crippen LogP contribution in [0.25, 0.3) is 0 Å². The van der Waals surface area contributed by atoms with E-state index >= 15 is 0 Å². The van der Waals surface area contributed by atoms with Crippen LogP contribution < -0.4 is 10.1 Å². The summed E-state index contributed by atoms with van der Waals surface area (Å²) >= 11 is 3.36.